The summed E-state index contributed by atoms with van der Waals surface area (Å²) in [5.74, 6) is -0.243. The van der Waals surface area contributed by atoms with Crippen LogP contribution < -0.4 is 4.90 Å². The molecule has 118 valence electrons. The van der Waals surface area contributed by atoms with E-state index in [1.807, 2.05) is 6.07 Å². The Kier molecular flexibility index (Phi) is 4.62. The Bertz CT molecular complexity index is 500. The van der Waals surface area contributed by atoms with Crippen LogP contribution in [0.1, 0.15) is 63.7 Å². The van der Waals surface area contributed by atoms with Gasteiger partial charge in [-0.25, -0.2) is 4.39 Å². The van der Waals surface area contributed by atoms with Crippen molar-refractivity contribution in [1.29, 1.82) is 0 Å². The standard InChI is InChI=1S/C18H28FNO/c1-12-10-17(15(13(2)21)11-16(12)19)20(5)14-6-8-18(3,4)9-7-14/h10-11,13-14,21H,6-9H2,1-5H3/t13-/m0/s1. The summed E-state index contributed by atoms with van der Waals surface area (Å²) < 4.78 is 13.8. The molecule has 0 spiro atoms. The minimum absolute atomic E-state index is 0.243. The van der Waals surface area contributed by atoms with Crippen LogP contribution in [0.5, 0.6) is 0 Å². The van der Waals surface area contributed by atoms with E-state index in [1.54, 1.807) is 13.8 Å². The lowest BCUT2D eigenvalue weighted by Crippen LogP contribution is -2.37. The third-order valence-electron chi connectivity index (χ3n) is 4.99. The van der Waals surface area contributed by atoms with E-state index >= 15 is 0 Å². The number of rotatable bonds is 3. The second-order valence-electron chi connectivity index (χ2n) is 7.34. The molecule has 0 aliphatic heterocycles. The predicted octanol–water partition coefficient (Wildman–Crippen LogP) is 4.59. The molecule has 2 rings (SSSR count). The van der Waals surface area contributed by atoms with E-state index in [-0.39, 0.29) is 5.82 Å². The van der Waals surface area contributed by atoms with Gasteiger partial charge < -0.3 is 10.0 Å². The molecule has 0 unspecified atom stereocenters. The number of aliphatic hydroxyl groups excluding tert-OH is 1. The van der Waals surface area contributed by atoms with Gasteiger partial charge in [-0.1, -0.05) is 13.8 Å². The Morgan fingerprint density at radius 1 is 1.29 bits per heavy atom. The summed E-state index contributed by atoms with van der Waals surface area (Å²) in [4.78, 5) is 2.24. The molecule has 0 radical (unpaired) electrons. The van der Waals surface area contributed by atoms with Crippen LogP contribution >= 0.6 is 0 Å². The highest BCUT2D eigenvalue weighted by molar-refractivity contribution is 5.57. The second-order valence-corrected chi connectivity index (χ2v) is 7.34. The monoisotopic (exact) mass is 293 g/mol. The summed E-state index contributed by atoms with van der Waals surface area (Å²) >= 11 is 0. The lowest BCUT2D eigenvalue weighted by molar-refractivity contribution is 0.197. The molecule has 1 atom stereocenters. The predicted molar refractivity (Wildman–Crippen MR) is 86.2 cm³/mol. The molecule has 0 amide bonds. The first kappa shape index (κ1) is 16.3. The summed E-state index contributed by atoms with van der Waals surface area (Å²) in [5.41, 5.74) is 2.72. The van der Waals surface area contributed by atoms with Crippen molar-refractivity contribution < 1.29 is 9.50 Å². The minimum atomic E-state index is -0.655. The van der Waals surface area contributed by atoms with E-state index < -0.39 is 6.10 Å². The Hall–Kier alpha value is -1.09. The van der Waals surface area contributed by atoms with Gasteiger partial charge in [-0.2, -0.15) is 0 Å². The average Bonchev–Trinajstić information content (AvgIpc) is 2.40. The van der Waals surface area contributed by atoms with Gasteiger partial charge in [0.25, 0.3) is 0 Å². The van der Waals surface area contributed by atoms with Crippen molar-refractivity contribution in [3.8, 4) is 0 Å². The van der Waals surface area contributed by atoms with Crippen LogP contribution in [-0.2, 0) is 0 Å². The van der Waals surface area contributed by atoms with Crippen LogP contribution in [0, 0.1) is 18.2 Å². The van der Waals surface area contributed by atoms with Gasteiger partial charge in [0.15, 0.2) is 0 Å². The topological polar surface area (TPSA) is 23.5 Å². The lowest BCUT2D eigenvalue weighted by Gasteiger charge is -2.40. The van der Waals surface area contributed by atoms with Gasteiger partial charge >= 0.3 is 0 Å². The highest BCUT2D eigenvalue weighted by Crippen LogP contribution is 2.39. The highest BCUT2D eigenvalue weighted by Gasteiger charge is 2.30. The van der Waals surface area contributed by atoms with Crippen LogP contribution in [0.3, 0.4) is 0 Å². The smallest absolute Gasteiger partial charge is 0.126 e. The Morgan fingerprint density at radius 3 is 2.38 bits per heavy atom. The number of aryl methyl sites for hydroxylation is 1. The van der Waals surface area contributed by atoms with Gasteiger partial charge in [0.1, 0.15) is 5.82 Å². The number of aliphatic hydroxyl groups is 1. The first-order valence-corrected chi connectivity index (χ1v) is 7.92. The summed E-state index contributed by atoms with van der Waals surface area (Å²) in [6.07, 6.45) is 4.08. The van der Waals surface area contributed by atoms with Crippen LogP contribution in [0.4, 0.5) is 10.1 Å². The number of anilines is 1. The summed E-state index contributed by atoms with van der Waals surface area (Å²) in [6.45, 7) is 8.13. The summed E-state index contributed by atoms with van der Waals surface area (Å²) in [5, 5.41) is 9.96. The fourth-order valence-electron chi connectivity index (χ4n) is 3.29. The van der Waals surface area contributed by atoms with Crippen LogP contribution in [-0.4, -0.2) is 18.2 Å². The Morgan fingerprint density at radius 2 is 1.86 bits per heavy atom. The number of benzene rings is 1. The first-order chi connectivity index (χ1) is 9.71. The normalized spacial score (nSPS) is 20.3. The molecule has 0 aromatic heterocycles. The SMILES string of the molecule is Cc1cc(N(C)C2CCC(C)(C)CC2)c([C@H](C)O)cc1F. The maximum Gasteiger partial charge on any atom is 0.126 e. The first-order valence-electron chi connectivity index (χ1n) is 7.92. The van der Waals surface area contributed by atoms with Crippen molar-refractivity contribution in [3.63, 3.8) is 0 Å². The van der Waals surface area contributed by atoms with Crippen LogP contribution in [0.2, 0.25) is 0 Å². The molecule has 1 aromatic carbocycles. The quantitative estimate of drug-likeness (QED) is 0.881. The molecule has 0 heterocycles. The number of nitrogens with zero attached hydrogens (tertiary/aromatic N) is 1. The summed E-state index contributed by atoms with van der Waals surface area (Å²) in [6, 6.07) is 3.83. The number of hydrogen-bond donors (Lipinski definition) is 1. The minimum Gasteiger partial charge on any atom is -0.389 e. The van der Waals surface area contributed by atoms with E-state index in [9.17, 15) is 9.50 Å². The highest BCUT2D eigenvalue weighted by atomic mass is 19.1. The van der Waals surface area contributed by atoms with Crippen molar-refractivity contribution in [1.82, 2.24) is 0 Å². The molecule has 3 heteroatoms. The van der Waals surface area contributed by atoms with Gasteiger partial charge in [0, 0.05) is 24.3 Å². The van der Waals surface area contributed by atoms with Crippen molar-refractivity contribution in [2.24, 2.45) is 5.41 Å². The van der Waals surface area contributed by atoms with Gasteiger partial charge in [0.2, 0.25) is 0 Å². The van der Waals surface area contributed by atoms with Crippen LogP contribution in [0.15, 0.2) is 12.1 Å². The molecule has 0 bridgehead atoms. The van der Waals surface area contributed by atoms with Crippen LogP contribution in [0.25, 0.3) is 0 Å². The zero-order chi connectivity index (χ0) is 15.8. The maximum absolute atomic E-state index is 13.8. The molecular formula is C18H28FNO. The molecule has 1 fully saturated rings. The largest absolute Gasteiger partial charge is 0.389 e. The lowest BCUT2D eigenvalue weighted by atomic mass is 9.75. The Balaban J connectivity index is 2.26. The zero-order valence-electron chi connectivity index (χ0n) is 13.9. The third-order valence-corrected chi connectivity index (χ3v) is 4.99. The van der Waals surface area contributed by atoms with Crippen molar-refractivity contribution in [3.05, 3.63) is 29.1 Å². The molecule has 1 N–H and O–H groups in total. The molecule has 1 aliphatic carbocycles. The van der Waals surface area contributed by atoms with Crippen molar-refractivity contribution >= 4 is 5.69 Å². The van der Waals surface area contributed by atoms with E-state index in [1.165, 1.54) is 18.9 Å². The molecule has 1 aliphatic rings. The van der Waals surface area contributed by atoms with Crippen molar-refractivity contribution in [2.75, 3.05) is 11.9 Å². The maximum atomic E-state index is 13.8. The van der Waals surface area contributed by atoms with Gasteiger partial charge in [0.05, 0.1) is 6.10 Å². The third kappa shape index (κ3) is 3.57. The average molecular weight is 293 g/mol. The van der Waals surface area contributed by atoms with Crippen molar-refractivity contribution in [2.45, 2.75) is 65.5 Å². The Labute approximate surface area is 128 Å². The number of hydrogen-bond acceptors (Lipinski definition) is 2. The fraction of sp³-hybridized carbons (Fsp3) is 0.667. The van der Waals surface area contributed by atoms with E-state index in [4.69, 9.17) is 0 Å². The molecule has 2 nitrogen and oxygen atoms in total. The second kappa shape index (κ2) is 5.96. The van der Waals surface area contributed by atoms with Gasteiger partial charge in [-0.3, -0.25) is 0 Å². The van der Waals surface area contributed by atoms with Gasteiger partial charge in [-0.15, -0.1) is 0 Å². The van der Waals surface area contributed by atoms with E-state index in [0.717, 1.165) is 18.5 Å². The zero-order valence-corrected chi connectivity index (χ0v) is 13.9. The summed E-state index contributed by atoms with van der Waals surface area (Å²) in [7, 11) is 2.07. The molecule has 21 heavy (non-hydrogen) atoms. The fourth-order valence-corrected chi connectivity index (χ4v) is 3.29. The number of halogens is 1. The van der Waals surface area contributed by atoms with Gasteiger partial charge in [-0.05, 0) is 62.6 Å². The van der Waals surface area contributed by atoms with E-state index in [0.29, 0.717) is 22.6 Å². The van der Waals surface area contributed by atoms with E-state index in [2.05, 4.69) is 25.8 Å². The molecule has 0 saturated heterocycles. The molecule has 1 saturated carbocycles. The molecular weight excluding hydrogens is 265 g/mol. The molecule has 1 aromatic rings.